The first kappa shape index (κ1) is 10.9. The van der Waals surface area contributed by atoms with E-state index in [4.69, 9.17) is 16.9 Å². The zero-order valence-corrected chi connectivity index (χ0v) is 8.28. The third kappa shape index (κ3) is 2.21. The summed E-state index contributed by atoms with van der Waals surface area (Å²) in [6, 6.07) is 6.28. The highest BCUT2D eigenvalue weighted by atomic mass is 35.5. The van der Waals surface area contributed by atoms with Crippen molar-refractivity contribution in [1.82, 2.24) is 0 Å². The summed E-state index contributed by atoms with van der Waals surface area (Å²) in [5.41, 5.74) is 0.0377. The van der Waals surface area contributed by atoms with Crippen LogP contribution in [0.1, 0.15) is 18.1 Å². The average molecular weight is 216 g/mol. The number of rotatable bonds is 2. The molecule has 1 rings (SSSR count). The van der Waals surface area contributed by atoms with Gasteiger partial charge in [-0.25, -0.2) is 8.78 Å². The largest absolute Gasteiger partial charge is 0.272 e. The van der Waals surface area contributed by atoms with Gasteiger partial charge in [-0.2, -0.15) is 5.26 Å². The predicted molar refractivity (Wildman–Crippen MR) is 50.3 cm³/mol. The molecule has 0 aliphatic rings. The fourth-order valence-corrected chi connectivity index (χ4v) is 1.65. The second kappa shape index (κ2) is 3.93. The molecule has 14 heavy (non-hydrogen) atoms. The minimum Gasteiger partial charge on any atom is -0.202 e. The van der Waals surface area contributed by atoms with E-state index < -0.39 is 5.92 Å². The Balaban J connectivity index is 3.31. The third-order valence-electron chi connectivity index (χ3n) is 1.81. The minimum atomic E-state index is -3.01. The molecule has 0 N–H and O–H groups in total. The van der Waals surface area contributed by atoms with E-state index in [-0.39, 0.29) is 22.6 Å². The fraction of sp³-hybridized carbons (Fsp3) is 0.300. The maximum absolute atomic E-state index is 13.1. The molecular weight excluding hydrogens is 208 g/mol. The maximum Gasteiger partial charge on any atom is 0.272 e. The van der Waals surface area contributed by atoms with Gasteiger partial charge in [0, 0.05) is 12.5 Å². The molecule has 0 bridgehead atoms. The van der Waals surface area contributed by atoms with Crippen molar-refractivity contribution in [2.75, 3.05) is 0 Å². The van der Waals surface area contributed by atoms with Crippen LogP contribution in [-0.4, -0.2) is 0 Å². The highest BCUT2D eigenvalue weighted by molar-refractivity contribution is 6.31. The van der Waals surface area contributed by atoms with Crippen LogP contribution in [0, 0.1) is 11.3 Å². The molecular formula is C10H8ClF2N. The van der Waals surface area contributed by atoms with Gasteiger partial charge in [-0.1, -0.05) is 23.7 Å². The number of benzene rings is 1. The lowest BCUT2D eigenvalue weighted by molar-refractivity contribution is 0.0168. The Labute approximate surface area is 85.9 Å². The van der Waals surface area contributed by atoms with Crippen LogP contribution in [0.2, 0.25) is 5.02 Å². The molecule has 0 aliphatic carbocycles. The van der Waals surface area contributed by atoms with Crippen LogP contribution >= 0.6 is 11.6 Å². The van der Waals surface area contributed by atoms with Crippen LogP contribution in [0.25, 0.3) is 0 Å². The van der Waals surface area contributed by atoms with Crippen molar-refractivity contribution in [3.8, 4) is 6.07 Å². The quantitative estimate of drug-likeness (QED) is 0.741. The zero-order chi connectivity index (χ0) is 10.8. The monoisotopic (exact) mass is 215 g/mol. The summed E-state index contributed by atoms with van der Waals surface area (Å²) < 4.78 is 26.2. The third-order valence-corrected chi connectivity index (χ3v) is 2.12. The highest BCUT2D eigenvalue weighted by Crippen LogP contribution is 2.35. The molecule has 0 fully saturated rings. The summed E-state index contributed by atoms with van der Waals surface area (Å²) in [6.45, 7) is 0.773. The van der Waals surface area contributed by atoms with Crippen molar-refractivity contribution in [2.45, 2.75) is 19.3 Å². The summed E-state index contributed by atoms with van der Waals surface area (Å²) in [7, 11) is 0. The molecule has 74 valence electrons. The number of nitrogens with zero attached hydrogens (tertiary/aromatic N) is 1. The first-order valence-corrected chi connectivity index (χ1v) is 4.37. The van der Waals surface area contributed by atoms with Gasteiger partial charge in [0.25, 0.3) is 5.92 Å². The standard InChI is InChI=1S/C10H8ClF2N/c1-10(12,13)9-7(5-6-14)3-2-4-8(9)11/h2-4H,5H2,1H3. The Morgan fingerprint density at radius 2 is 2.14 bits per heavy atom. The van der Waals surface area contributed by atoms with E-state index in [1.807, 2.05) is 6.07 Å². The Hall–Kier alpha value is -1.14. The van der Waals surface area contributed by atoms with Gasteiger partial charge in [-0.3, -0.25) is 0 Å². The summed E-state index contributed by atoms with van der Waals surface area (Å²) >= 11 is 5.66. The van der Waals surface area contributed by atoms with E-state index in [2.05, 4.69) is 0 Å². The molecule has 1 nitrogen and oxygen atoms in total. The van der Waals surface area contributed by atoms with Gasteiger partial charge < -0.3 is 0 Å². The summed E-state index contributed by atoms with van der Waals surface area (Å²) in [6.07, 6.45) is -0.0562. The van der Waals surface area contributed by atoms with E-state index in [1.54, 1.807) is 6.07 Å². The molecule has 0 radical (unpaired) electrons. The molecule has 0 saturated carbocycles. The predicted octanol–water partition coefficient (Wildman–Crippen LogP) is 3.52. The first-order valence-electron chi connectivity index (χ1n) is 3.99. The molecule has 0 heterocycles. The lowest BCUT2D eigenvalue weighted by atomic mass is 10.0. The van der Waals surface area contributed by atoms with Crippen molar-refractivity contribution in [2.24, 2.45) is 0 Å². The number of halogens is 3. The van der Waals surface area contributed by atoms with Crippen LogP contribution < -0.4 is 0 Å². The Morgan fingerprint density at radius 3 is 2.64 bits per heavy atom. The van der Waals surface area contributed by atoms with Crippen molar-refractivity contribution >= 4 is 11.6 Å². The molecule has 0 saturated heterocycles. The smallest absolute Gasteiger partial charge is 0.202 e. The number of hydrogen-bond donors (Lipinski definition) is 0. The Kier molecular flexibility index (Phi) is 3.07. The molecule has 0 spiro atoms. The van der Waals surface area contributed by atoms with E-state index >= 15 is 0 Å². The van der Waals surface area contributed by atoms with Crippen LogP contribution in [0.5, 0.6) is 0 Å². The second-order valence-electron chi connectivity index (χ2n) is 3.00. The van der Waals surface area contributed by atoms with Crippen LogP contribution in [-0.2, 0) is 12.3 Å². The summed E-state index contributed by atoms with van der Waals surface area (Å²) in [4.78, 5) is 0. The van der Waals surface area contributed by atoms with Crippen molar-refractivity contribution in [1.29, 1.82) is 5.26 Å². The van der Waals surface area contributed by atoms with Crippen molar-refractivity contribution < 1.29 is 8.78 Å². The van der Waals surface area contributed by atoms with Crippen molar-refractivity contribution in [3.63, 3.8) is 0 Å². The SMILES string of the molecule is CC(F)(F)c1c(Cl)cccc1CC#N. The van der Waals surface area contributed by atoms with Gasteiger partial charge >= 0.3 is 0 Å². The number of hydrogen-bond acceptors (Lipinski definition) is 1. The fourth-order valence-electron chi connectivity index (χ4n) is 1.29. The average Bonchev–Trinajstić information content (AvgIpc) is 2.02. The zero-order valence-electron chi connectivity index (χ0n) is 7.52. The molecule has 0 aromatic heterocycles. The van der Waals surface area contributed by atoms with E-state index in [1.165, 1.54) is 12.1 Å². The number of alkyl halides is 2. The maximum atomic E-state index is 13.1. The summed E-state index contributed by atoms with van der Waals surface area (Å²) in [5, 5.41) is 8.47. The van der Waals surface area contributed by atoms with Gasteiger partial charge in [0.2, 0.25) is 0 Å². The minimum absolute atomic E-state index is 0.00486. The molecule has 0 amide bonds. The Morgan fingerprint density at radius 1 is 1.50 bits per heavy atom. The van der Waals surface area contributed by atoms with E-state index in [9.17, 15) is 8.78 Å². The lowest BCUT2D eigenvalue weighted by Gasteiger charge is -2.15. The molecule has 4 heteroatoms. The topological polar surface area (TPSA) is 23.8 Å². The van der Waals surface area contributed by atoms with Gasteiger partial charge in [0.15, 0.2) is 0 Å². The van der Waals surface area contributed by atoms with E-state index in [0.29, 0.717) is 0 Å². The van der Waals surface area contributed by atoms with Gasteiger partial charge in [-0.05, 0) is 11.6 Å². The Bertz CT molecular complexity index is 377. The van der Waals surface area contributed by atoms with Gasteiger partial charge in [-0.15, -0.1) is 0 Å². The normalized spacial score (nSPS) is 11.1. The molecule has 0 atom stereocenters. The second-order valence-corrected chi connectivity index (χ2v) is 3.40. The number of nitriles is 1. The molecule has 0 unspecified atom stereocenters. The van der Waals surface area contributed by atoms with Crippen LogP contribution in [0.4, 0.5) is 8.78 Å². The highest BCUT2D eigenvalue weighted by Gasteiger charge is 2.29. The molecule has 1 aromatic carbocycles. The van der Waals surface area contributed by atoms with Gasteiger partial charge in [0.05, 0.1) is 17.5 Å². The van der Waals surface area contributed by atoms with Crippen molar-refractivity contribution in [3.05, 3.63) is 34.3 Å². The van der Waals surface area contributed by atoms with Crippen LogP contribution in [0.3, 0.4) is 0 Å². The molecule has 0 aliphatic heterocycles. The lowest BCUT2D eigenvalue weighted by Crippen LogP contribution is -2.11. The van der Waals surface area contributed by atoms with Crippen LogP contribution in [0.15, 0.2) is 18.2 Å². The molecule has 1 aromatic rings. The summed E-state index contributed by atoms with van der Waals surface area (Å²) in [5.74, 6) is -3.01. The van der Waals surface area contributed by atoms with Gasteiger partial charge in [0.1, 0.15) is 0 Å². The van der Waals surface area contributed by atoms with E-state index in [0.717, 1.165) is 6.92 Å². The first-order chi connectivity index (χ1) is 6.46.